The summed E-state index contributed by atoms with van der Waals surface area (Å²) in [6, 6.07) is 10.9. The summed E-state index contributed by atoms with van der Waals surface area (Å²) in [4.78, 5) is 16.9. The normalized spacial score (nSPS) is 16.7. The first-order valence-electron chi connectivity index (χ1n) is 9.25. The number of anilines is 2. The largest absolute Gasteiger partial charge is 0.370 e. The van der Waals surface area contributed by atoms with Crippen molar-refractivity contribution in [3.8, 4) is 0 Å². The van der Waals surface area contributed by atoms with Crippen LogP contribution in [0, 0.1) is 18.6 Å². The quantitative estimate of drug-likeness (QED) is 0.885. The molecule has 1 N–H and O–H groups in total. The van der Waals surface area contributed by atoms with Gasteiger partial charge >= 0.3 is 0 Å². The predicted molar refractivity (Wildman–Crippen MR) is 104 cm³/mol. The van der Waals surface area contributed by atoms with E-state index in [1.807, 2.05) is 6.92 Å². The average molecular weight is 373 g/mol. The van der Waals surface area contributed by atoms with Crippen molar-refractivity contribution in [2.45, 2.75) is 26.3 Å². The van der Waals surface area contributed by atoms with Gasteiger partial charge in [0.1, 0.15) is 11.6 Å². The van der Waals surface area contributed by atoms with E-state index in [0.29, 0.717) is 6.54 Å². The molecule has 0 saturated carbocycles. The van der Waals surface area contributed by atoms with Crippen LogP contribution in [-0.2, 0) is 4.79 Å². The van der Waals surface area contributed by atoms with Crippen molar-refractivity contribution >= 4 is 17.3 Å². The molecule has 1 unspecified atom stereocenters. The number of halogens is 2. The standard InChI is InChI=1S/C21H25F2N3O/c1-15-4-9-20(19(23)14-15)24-21(27)16(2)25-10-3-11-26(13-12-25)18-7-5-17(22)6-8-18/h4-9,14,16H,3,10-13H2,1-2H3,(H,24,27). The molecule has 1 aliphatic heterocycles. The van der Waals surface area contributed by atoms with Gasteiger partial charge in [-0.05, 0) is 62.2 Å². The van der Waals surface area contributed by atoms with Crippen molar-refractivity contribution in [1.82, 2.24) is 4.90 Å². The predicted octanol–water partition coefficient (Wildman–Crippen LogP) is 3.81. The summed E-state index contributed by atoms with van der Waals surface area (Å²) in [7, 11) is 0. The Morgan fingerprint density at radius 3 is 2.48 bits per heavy atom. The van der Waals surface area contributed by atoms with Crippen molar-refractivity contribution < 1.29 is 13.6 Å². The lowest BCUT2D eigenvalue weighted by molar-refractivity contribution is -0.120. The van der Waals surface area contributed by atoms with Crippen molar-refractivity contribution in [3.05, 3.63) is 59.7 Å². The molecule has 6 heteroatoms. The Morgan fingerprint density at radius 2 is 1.78 bits per heavy atom. The minimum absolute atomic E-state index is 0.209. The maximum Gasteiger partial charge on any atom is 0.241 e. The lowest BCUT2D eigenvalue weighted by atomic mass is 10.2. The number of carbonyl (C=O) groups is 1. The number of nitrogens with zero attached hydrogens (tertiary/aromatic N) is 2. The van der Waals surface area contributed by atoms with Crippen molar-refractivity contribution in [1.29, 1.82) is 0 Å². The molecule has 0 spiro atoms. The van der Waals surface area contributed by atoms with Crippen LogP contribution in [-0.4, -0.2) is 43.0 Å². The van der Waals surface area contributed by atoms with Gasteiger partial charge in [0.15, 0.2) is 0 Å². The fraction of sp³-hybridized carbons (Fsp3) is 0.381. The Hall–Kier alpha value is -2.47. The number of hydrogen-bond acceptors (Lipinski definition) is 3. The molecule has 144 valence electrons. The molecule has 2 aromatic carbocycles. The fourth-order valence-electron chi connectivity index (χ4n) is 3.36. The molecule has 3 rings (SSSR count). The van der Waals surface area contributed by atoms with E-state index in [1.165, 1.54) is 18.2 Å². The van der Waals surface area contributed by atoms with Crippen molar-refractivity contribution in [3.63, 3.8) is 0 Å². The Labute approximate surface area is 158 Å². The third-order valence-electron chi connectivity index (χ3n) is 5.03. The fourth-order valence-corrected chi connectivity index (χ4v) is 3.36. The van der Waals surface area contributed by atoms with Gasteiger partial charge in [-0.25, -0.2) is 8.78 Å². The summed E-state index contributed by atoms with van der Waals surface area (Å²) in [5.74, 6) is -0.884. The first-order chi connectivity index (χ1) is 12.9. The lowest BCUT2D eigenvalue weighted by Gasteiger charge is -2.27. The number of nitrogens with one attached hydrogen (secondary N) is 1. The highest BCUT2D eigenvalue weighted by molar-refractivity contribution is 5.94. The van der Waals surface area contributed by atoms with Gasteiger partial charge in [0, 0.05) is 31.9 Å². The van der Waals surface area contributed by atoms with Crippen LogP contribution in [0.1, 0.15) is 18.9 Å². The first-order valence-corrected chi connectivity index (χ1v) is 9.25. The molecule has 4 nitrogen and oxygen atoms in total. The van der Waals surface area contributed by atoms with Gasteiger partial charge in [-0.15, -0.1) is 0 Å². The number of amides is 1. The molecule has 0 aromatic heterocycles. The smallest absolute Gasteiger partial charge is 0.241 e. The van der Waals surface area contributed by atoms with Gasteiger partial charge in [0.05, 0.1) is 11.7 Å². The van der Waals surface area contributed by atoms with Crippen LogP contribution in [0.25, 0.3) is 0 Å². The molecule has 1 heterocycles. The maximum absolute atomic E-state index is 14.0. The van der Waals surface area contributed by atoms with Gasteiger partial charge in [0.2, 0.25) is 5.91 Å². The molecule has 0 radical (unpaired) electrons. The van der Waals surface area contributed by atoms with E-state index >= 15 is 0 Å². The molecule has 1 atom stereocenters. The van der Waals surface area contributed by atoms with Gasteiger partial charge in [0.25, 0.3) is 0 Å². The summed E-state index contributed by atoms with van der Waals surface area (Å²) in [5.41, 5.74) is 2.00. The highest BCUT2D eigenvalue weighted by Gasteiger charge is 2.24. The van der Waals surface area contributed by atoms with Gasteiger partial charge in [-0.1, -0.05) is 6.07 Å². The zero-order valence-corrected chi connectivity index (χ0v) is 15.7. The Bertz CT molecular complexity index is 795. The summed E-state index contributed by atoms with van der Waals surface area (Å²) in [6.07, 6.45) is 0.897. The van der Waals surface area contributed by atoms with Gasteiger partial charge in [-0.3, -0.25) is 9.69 Å². The van der Waals surface area contributed by atoms with E-state index in [0.717, 1.165) is 37.3 Å². The molecule has 2 aromatic rings. The average Bonchev–Trinajstić information content (AvgIpc) is 2.90. The van der Waals surface area contributed by atoms with Gasteiger partial charge < -0.3 is 10.2 Å². The molecule has 1 amide bonds. The first kappa shape index (κ1) is 19.3. The second kappa shape index (κ2) is 8.48. The molecule has 27 heavy (non-hydrogen) atoms. The van der Waals surface area contributed by atoms with Crippen LogP contribution in [0.4, 0.5) is 20.2 Å². The number of carbonyl (C=O) groups excluding carboxylic acids is 1. The summed E-state index contributed by atoms with van der Waals surface area (Å²) in [6.45, 7) is 6.74. The van der Waals surface area contributed by atoms with E-state index in [2.05, 4.69) is 15.1 Å². The molecule has 1 aliphatic rings. The third kappa shape index (κ3) is 4.83. The monoisotopic (exact) mass is 373 g/mol. The van der Waals surface area contributed by atoms with Crippen LogP contribution in [0.15, 0.2) is 42.5 Å². The van der Waals surface area contributed by atoms with Gasteiger partial charge in [-0.2, -0.15) is 0 Å². The second-order valence-electron chi connectivity index (χ2n) is 7.00. The summed E-state index contributed by atoms with van der Waals surface area (Å²) in [5, 5.41) is 2.69. The van der Waals surface area contributed by atoms with E-state index in [1.54, 1.807) is 31.2 Å². The second-order valence-corrected chi connectivity index (χ2v) is 7.00. The number of aryl methyl sites for hydroxylation is 1. The maximum atomic E-state index is 14.0. The van der Waals surface area contributed by atoms with Crippen LogP contribution >= 0.6 is 0 Å². The van der Waals surface area contributed by atoms with Crippen LogP contribution in [0.2, 0.25) is 0 Å². The molecule has 0 aliphatic carbocycles. The molecular formula is C21H25F2N3O. The van der Waals surface area contributed by atoms with Crippen molar-refractivity contribution in [2.24, 2.45) is 0 Å². The van der Waals surface area contributed by atoms with Crippen molar-refractivity contribution in [2.75, 3.05) is 36.4 Å². The van der Waals surface area contributed by atoms with Crippen LogP contribution < -0.4 is 10.2 Å². The molecule has 0 bridgehead atoms. The minimum atomic E-state index is -0.422. The number of benzene rings is 2. The Balaban J connectivity index is 1.60. The number of rotatable bonds is 4. The highest BCUT2D eigenvalue weighted by Crippen LogP contribution is 2.19. The molecular weight excluding hydrogens is 348 g/mol. The zero-order valence-electron chi connectivity index (χ0n) is 15.7. The Kier molecular flexibility index (Phi) is 6.06. The SMILES string of the molecule is Cc1ccc(NC(=O)C(C)N2CCCN(c3ccc(F)cc3)CC2)c(F)c1. The van der Waals surface area contributed by atoms with E-state index < -0.39 is 5.82 Å². The molecule has 1 fully saturated rings. The number of hydrogen-bond donors (Lipinski definition) is 1. The third-order valence-corrected chi connectivity index (χ3v) is 5.03. The molecule has 1 saturated heterocycles. The zero-order chi connectivity index (χ0) is 19.4. The summed E-state index contributed by atoms with van der Waals surface area (Å²) >= 11 is 0. The highest BCUT2D eigenvalue weighted by atomic mass is 19.1. The van der Waals surface area contributed by atoms with E-state index in [4.69, 9.17) is 0 Å². The minimum Gasteiger partial charge on any atom is -0.370 e. The van der Waals surface area contributed by atoms with E-state index in [9.17, 15) is 13.6 Å². The Morgan fingerprint density at radius 1 is 1.04 bits per heavy atom. The van der Waals surface area contributed by atoms with E-state index in [-0.39, 0.29) is 23.5 Å². The topological polar surface area (TPSA) is 35.6 Å². The van der Waals surface area contributed by atoms with Crippen LogP contribution in [0.5, 0.6) is 0 Å². The van der Waals surface area contributed by atoms with Crippen LogP contribution in [0.3, 0.4) is 0 Å². The lowest BCUT2D eigenvalue weighted by Crippen LogP contribution is -2.44. The summed E-state index contributed by atoms with van der Waals surface area (Å²) < 4.78 is 27.1.